The molecule has 1 radical (unpaired) electrons. The van der Waals surface area contributed by atoms with E-state index in [0.717, 1.165) is 12.8 Å². The van der Waals surface area contributed by atoms with Gasteiger partial charge in [-0.2, -0.15) is 0 Å². The minimum Gasteiger partial charge on any atom is -0.103 e. The molecule has 0 aromatic heterocycles. The summed E-state index contributed by atoms with van der Waals surface area (Å²) in [6.45, 7) is 7.94. The molecule has 0 saturated carbocycles. The van der Waals surface area contributed by atoms with Gasteiger partial charge < -0.3 is 0 Å². The van der Waals surface area contributed by atoms with Gasteiger partial charge in [0.2, 0.25) is 0 Å². The molecule has 0 aromatic carbocycles. The average molecular weight is 109 g/mol. The minimum atomic E-state index is 0.703. The van der Waals surface area contributed by atoms with E-state index in [0.29, 0.717) is 5.92 Å². The van der Waals surface area contributed by atoms with Gasteiger partial charge in [0.25, 0.3) is 0 Å². The Labute approximate surface area is 52.3 Å². The molecule has 0 heteroatoms. The van der Waals surface area contributed by atoms with Gasteiger partial charge in [0.1, 0.15) is 0 Å². The monoisotopic (exact) mass is 109 g/mol. The Morgan fingerprint density at radius 2 is 2.00 bits per heavy atom. The Kier molecular flexibility index (Phi) is 4.45. The topological polar surface area (TPSA) is 0 Å². The van der Waals surface area contributed by atoms with Crippen LogP contribution in [-0.4, -0.2) is 0 Å². The van der Waals surface area contributed by atoms with Crippen molar-refractivity contribution in [3.63, 3.8) is 0 Å². The molecule has 8 heavy (non-hydrogen) atoms. The highest BCUT2D eigenvalue weighted by Gasteiger charge is 1.84. The summed E-state index contributed by atoms with van der Waals surface area (Å²) in [6.07, 6.45) is 1.75. The van der Waals surface area contributed by atoms with Crippen LogP contribution < -0.4 is 0 Å². The van der Waals surface area contributed by atoms with Crippen molar-refractivity contribution < 1.29 is 0 Å². The summed E-state index contributed by atoms with van der Waals surface area (Å²) in [5, 5.41) is 0. The van der Waals surface area contributed by atoms with Crippen molar-refractivity contribution in [3.05, 3.63) is 6.92 Å². The summed E-state index contributed by atoms with van der Waals surface area (Å²) >= 11 is 0. The van der Waals surface area contributed by atoms with Crippen LogP contribution in [-0.2, 0) is 0 Å². The lowest BCUT2D eigenvalue weighted by molar-refractivity contribution is 0.675. The second-order valence-corrected chi connectivity index (χ2v) is 2.20. The number of rotatable bonds is 1. The van der Waals surface area contributed by atoms with Crippen LogP contribution >= 0.6 is 0 Å². The van der Waals surface area contributed by atoms with E-state index < -0.39 is 0 Å². The molecule has 0 amide bonds. The third-order valence-corrected chi connectivity index (χ3v) is 0.760. The first-order chi connectivity index (χ1) is 3.77. The maximum Gasteiger partial charge on any atom is 0.0112 e. The maximum absolute atomic E-state index is 3.61. The van der Waals surface area contributed by atoms with E-state index in [1.165, 1.54) is 0 Å². The molecule has 0 unspecified atom stereocenters. The smallest absolute Gasteiger partial charge is 0.0112 e. The van der Waals surface area contributed by atoms with E-state index in [9.17, 15) is 0 Å². The highest BCUT2D eigenvalue weighted by atomic mass is 13.9. The van der Waals surface area contributed by atoms with Crippen LogP contribution in [0.2, 0.25) is 0 Å². The lowest BCUT2D eigenvalue weighted by Gasteiger charge is -1.91. The zero-order chi connectivity index (χ0) is 6.41. The fraction of sp³-hybridized carbons (Fsp3) is 0.625. The van der Waals surface area contributed by atoms with E-state index in [1.54, 1.807) is 0 Å². The zero-order valence-corrected chi connectivity index (χ0v) is 5.70. The van der Waals surface area contributed by atoms with Gasteiger partial charge in [0, 0.05) is 12.8 Å². The predicted octanol–water partition coefficient (Wildman–Crippen LogP) is 2.26. The van der Waals surface area contributed by atoms with Gasteiger partial charge in [0.05, 0.1) is 0 Å². The van der Waals surface area contributed by atoms with E-state index in [4.69, 9.17) is 0 Å². The van der Waals surface area contributed by atoms with Crippen molar-refractivity contribution in [2.45, 2.75) is 26.7 Å². The van der Waals surface area contributed by atoms with Gasteiger partial charge >= 0.3 is 0 Å². The van der Waals surface area contributed by atoms with Crippen molar-refractivity contribution >= 4 is 0 Å². The lowest BCUT2D eigenvalue weighted by Crippen LogP contribution is -1.80. The molecule has 0 aromatic rings. The second kappa shape index (κ2) is 4.71. The van der Waals surface area contributed by atoms with Crippen molar-refractivity contribution in [1.82, 2.24) is 0 Å². The summed E-state index contributed by atoms with van der Waals surface area (Å²) in [5.41, 5.74) is 0. The normalized spacial score (nSPS) is 8.50. The summed E-state index contributed by atoms with van der Waals surface area (Å²) in [7, 11) is 0. The molecule has 0 spiro atoms. The lowest BCUT2D eigenvalue weighted by atomic mass is 10.1. The van der Waals surface area contributed by atoms with Gasteiger partial charge in [0.15, 0.2) is 0 Å². The molecule has 0 fully saturated rings. The minimum absolute atomic E-state index is 0.703. The van der Waals surface area contributed by atoms with E-state index in [2.05, 4.69) is 32.6 Å². The fourth-order valence-electron chi connectivity index (χ4n) is 0.365. The van der Waals surface area contributed by atoms with Crippen LogP contribution in [0.15, 0.2) is 0 Å². The van der Waals surface area contributed by atoms with Gasteiger partial charge in [-0.25, -0.2) is 0 Å². The molecule has 0 aliphatic rings. The van der Waals surface area contributed by atoms with Gasteiger partial charge in [-0.15, -0.1) is 11.8 Å². The SMILES string of the molecule is [CH2]CC#CCC(C)C. The van der Waals surface area contributed by atoms with Crippen LogP contribution in [0.4, 0.5) is 0 Å². The molecular weight excluding hydrogens is 96.1 g/mol. The Morgan fingerprint density at radius 3 is 2.38 bits per heavy atom. The van der Waals surface area contributed by atoms with Crippen LogP contribution in [0.3, 0.4) is 0 Å². The summed E-state index contributed by atoms with van der Waals surface area (Å²) in [4.78, 5) is 0. The Morgan fingerprint density at radius 1 is 1.38 bits per heavy atom. The summed E-state index contributed by atoms with van der Waals surface area (Å²) < 4.78 is 0. The Balaban J connectivity index is 3.15. The van der Waals surface area contributed by atoms with E-state index in [1.807, 2.05) is 0 Å². The number of hydrogen-bond acceptors (Lipinski definition) is 0. The summed E-state index contributed by atoms with van der Waals surface area (Å²) in [5.74, 6) is 6.64. The molecular formula is C8H13. The molecule has 0 nitrogen and oxygen atoms in total. The Bertz CT molecular complexity index is 90.3. The van der Waals surface area contributed by atoms with Gasteiger partial charge in [-0.05, 0) is 12.8 Å². The molecule has 0 bridgehead atoms. The highest BCUT2D eigenvalue weighted by molar-refractivity contribution is 4.99. The maximum atomic E-state index is 3.61. The average Bonchev–Trinajstić information content (AvgIpc) is 1.66. The van der Waals surface area contributed by atoms with Crippen molar-refractivity contribution in [3.8, 4) is 11.8 Å². The van der Waals surface area contributed by atoms with Crippen LogP contribution in [0.5, 0.6) is 0 Å². The molecule has 0 heterocycles. The molecule has 0 aliphatic heterocycles. The second-order valence-electron chi connectivity index (χ2n) is 2.20. The van der Waals surface area contributed by atoms with Crippen molar-refractivity contribution in [2.24, 2.45) is 5.92 Å². The van der Waals surface area contributed by atoms with Crippen LogP contribution in [0, 0.1) is 24.7 Å². The van der Waals surface area contributed by atoms with E-state index >= 15 is 0 Å². The zero-order valence-electron chi connectivity index (χ0n) is 5.70. The molecule has 0 atom stereocenters. The molecule has 0 aliphatic carbocycles. The molecule has 0 N–H and O–H groups in total. The molecule has 0 rings (SSSR count). The third-order valence-electron chi connectivity index (χ3n) is 0.760. The first kappa shape index (κ1) is 7.56. The fourth-order valence-corrected chi connectivity index (χ4v) is 0.365. The summed E-state index contributed by atoms with van der Waals surface area (Å²) in [6, 6.07) is 0. The highest BCUT2D eigenvalue weighted by Crippen LogP contribution is 1.95. The first-order valence-corrected chi connectivity index (χ1v) is 3.02. The van der Waals surface area contributed by atoms with Gasteiger partial charge in [-0.3, -0.25) is 0 Å². The van der Waals surface area contributed by atoms with E-state index in [-0.39, 0.29) is 0 Å². The molecule has 45 valence electrons. The van der Waals surface area contributed by atoms with Gasteiger partial charge in [-0.1, -0.05) is 13.8 Å². The molecule has 0 saturated heterocycles. The standard InChI is InChI=1S/C8H13/c1-4-5-6-7-8(2)3/h8H,1,4,7H2,2-3H3. The first-order valence-electron chi connectivity index (χ1n) is 3.02. The van der Waals surface area contributed by atoms with Crippen LogP contribution in [0.1, 0.15) is 26.7 Å². The third kappa shape index (κ3) is 5.56. The van der Waals surface area contributed by atoms with Crippen molar-refractivity contribution in [2.75, 3.05) is 0 Å². The Hall–Kier alpha value is -0.440. The van der Waals surface area contributed by atoms with Crippen molar-refractivity contribution in [1.29, 1.82) is 0 Å². The largest absolute Gasteiger partial charge is 0.103 e. The quantitative estimate of drug-likeness (QED) is 0.453. The number of hydrogen-bond donors (Lipinski definition) is 0. The predicted molar refractivity (Wildman–Crippen MR) is 37.2 cm³/mol. The van der Waals surface area contributed by atoms with Crippen LogP contribution in [0.25, 0.3) is 0 Å².